The predicted molar refractivity (Wildman–Crippen MR) is 87.9 cm³/mol. The van der Waals surface area contributed by atoms with E-state index in [1.807, 2.05) is 20.8 Å². The average Bonchev–Trinajstić information content (AvgIpc) is 2.55. The summed E-state index contributed by atoms with van der Waals surface area (Å²) >= 11 is 0. The van der Waals surface area contributed by atoms with Gasteiger partial charge in [0.05, 0.1) is 13.7 Å². The average molecular weight is 323 g/mol. The number of hydrogen-bond donors (Lipinski definition) is 1. The van der Waals surface area contributed by atoms with Gasteiger partial charge in [-0.15, -0.1) is 0 Å². The summed E-state index contributed by atoms with van der Waals surface area (Å²) in [5.74, 6) is -0.366. The molecule has 0 fully saturated rings. The Balaban J connectivity index is 3.05. The van der Waals surface area contributed by atoms with Crippen molar-refractivity contribution in [3.8, 4) is 5.75 Å². The second kappa shape index (κ2) is 8.53. The molecule has 6 heteroatoms. The monoisotopic (exact) mass is 323 g/mol. The van der Waals surface area contributed by atoms with Crippen LogP contribution >= 0.6 is 0 Å². The molecule has 0 saturated heterocycles. The smallest absolute Gasteiger partial charge is 0.341 e. The lowest BCUT2D eigenvalue weighted by Crippen LogP contribution is -2.42. The number of carbonyl (C=O) groups is 2. The molecule has 0 radical (unpaired) electrons. The molecule has 23 heavy (non-hydrogen) atoms. The normalized spacial score (nSPS) is 13.1. The van der Waals surface area contributed by atoms with Crippen molar-refractivity contribution < 1.29 is 23.8 Å². The third-order valence-corrected chi connectivity index (χ3v) is 3.56. The number of hydrogen-bond acceptors (Lipinski definition) is 5. The van der Waals surface area contributed by atoms with E-state index in [1.54, 1.807) is 19.1 Å². The van der Waals surface area contributed by atoms with Gasteiger partial charge in [0.25, 0.3) is 5.91 Å². The first-order valence-electron chi connectivity index (χ1n) is 7.72. The van der Waals surface area contributed by atoms with Gasteiger partial charge in [-0.05, 0) is 45.4 Å². The van der Waals surface area contributed by atoms with Crippen molar-refractivity contribution in [1.82, 2.24) is 0 Å². The fourth-order valence-electron chi connectivity index (χ4n) is 2.07. The molecule has 1 aromatic rings. The van der Waals surface area contributed by atoms with Crippen LogP contribution in [0.2, 0.25) is 0 Å². The molecule has 1 amide bonds. The molecular formula is C17H25NO5. The fraction of sp³-hybridized carbons (Fsp3) is 0.529. The highest BCUT2D eigenvalue weighted by Crippen LogP contribution is 2.25. The van der Waals surface area contributed by atoms with Crippen molar-refractivity contribution in [3.63, 3.8) is 0 Å². The number of ether oxygens (including phenoxy) is 3. The van der Waals surface area contributed by atoms with Gasteiger partial charge >= 0.3 is 5.97 Å². The zero-order valence-electron chi connectivity index (χ0n) is 14.4. The lowest BCUT2D eigenvalue weighted by atomic mass is 10.0. The molecule has 0 bridgehead atoms. The maximum atomic E-state index is 12.4. The summed E-state index contributed by atoms with van der Waals surface area (Å²) in [7, 11) is 1.30. The van der Waals surface area contributed by atoms with Crippen molar-refractivity contribution in [1.29, 1.82) is 0 Å². The summed E-state index contributed by atoms with van der Waals surface area (Å²) in [6.07, 6.45) is 0.535. The Morgan fingerprint density at radius 1 is 1.17 bits per heavy atom. The lowest BCUT2D eigenvalue weighted by Gasteiger charge is -2.26. The van der Waals surface area contributed by atoms with E-state index in [2.05, 4.69) is 5.32 Å². The van der Waals surface area contributed by atoms with Crippen LogP contribution in [0.3, 0.4) is 0 Å². The standard InChI is InChI=1S/C17H25NO5/c1-6-17(4,23-8-3)16(20)18-12-9-10-14(22-7-2)13(11-12)15(19)21-5/h9-11H,6-8H2,1-5H3,(H,18,20). The van der Waals surface area contributed by atoms with Crippen LogP contribution in [-0.2, 0) is 14.3 Å². The molecule has 6 nitrogen and oxygen atoms in total. The molecular weight excluding hydrogens is 298 g/mol. The van der Waals surface area contributed by atoms with Gasteiger partial charge in [0, 0.05) is 12.3 Å². The Hall–Kier alpha value is -2.08. The molecule has 0 aliphatic rings. The highest BCUT2D eigenvalue weighted by molar-refractivity contribution is 5.99. The summed E-state index contributed by atoms with van der Waals surface area (Å²) in [6, 6.07) is 4.85. The topological polar surface area (TPSA) is 73.9 Å². The lowest BCUT2D eigenvalue weighted by molar-refractivity contribution is -0.139. The third-order valence-electron chi connectivity index (χ3n) is 3.56. The van der Waals surface area contributed by atoms with Crippen LogP contribution in [0.25, 0.3) is 0 Å². The molecule has 1 N–H and O–H groups in total. The van der Waals surface area contributed by atoms with E-state index in [0.717, 1.165) is 0 Å². The van der Waals surface area contributed by atoms with Crippen molar-refractivity contribution in [3.05, 3.63) is 23.8 Å². The van der Waals surface area contributed by atoms with E-state index in [4.69, 9.17) is 14.2 Å². The Bertz CT molecular complexity index is 558. The van der Waals surface area contributed by atoms with Crippen LogP contribution in [-0.4, -0.2) is 37.8 Å². The zero-order valence-corrected chi connectivity index (χ0v) is 14.4. The van der Waals surface area contributed by atoms with Crippen molar-refractivity contribution in [2.75, 3.05) is 25.6 Å². The van der Waals surface area contributed by atoms with E-state index >= 15 is 0 Å². The van der Waals surface area contributed by atoms with Gasteiger partial charge in [-0.3, -0.25) is 4.79 Å². The molecule has 1 rings (SSSR count). The maximum absolute atomic E-state index is 12.4. The number of carbonyl (C=O) groups excluding carboxylic acids is 2. The quantitative estimate of drug-likeness (QED) is 0.744. The van der Waals surface area contributed by atoms with Gasteiger partial charge in [0.1, 0.15) is 16.9 Å². The third kappa shape index (κ3) is 4.69. The molecule has 0 heterocycles. The number of methoxy groups -OCH3 is 1. The molecule has 0 aliphatic carbocycles. The van der Waals surface area contributed by atoms with Gasteiger partial charge < -0.3 is 19.5 Å². The minimum atomic E-state index is -0.918. The number of esters is 1. The zero-order chi connectivity index (χ0) is 17.5. The first-order valence-corrected chi connectivity index (χ1v) is 7.72. The van der Waals surface area contributed by atoms with Crippen LogP contribution < -0.4 is 10.1 Å². The van der Waals surface area contributed by atoms with Gasteiger partial charge in [0.2, 0.25) is 0 Å². The Morgan fingerprint density at radius 3 is 2.39 bits per heavy atom. The summed E-state index contributed by atoms with van der Waals surface area (Å²) in [5, 5.41) is 2.78. The van der Waals surface area contributed by atoms with Crippen LogP contribution in [0, 0.1) is 0 Å². The van der Waals surface area contributed by atoms with E-state index in [1.165, 1.54) is 13.2 Å². The van der Waals surface area contributed by atoms with Crippen molar-refractivity contribution in [2.24, 2.45) is 0 Å². The highest BCUT2D eigenvalue weighted by atomic mass is 16.5. The Kier molecular flexibility index (Phi) is 7.03. The van der Waals surface area contributed by atoms with E-state index < -0.39 is 11.6 Å². The van der Waals surface area contributed by atoms with Gasteiger partial charge in [-0.25, -0.2) is 4.79 Å². The molecule has 128 valence electrons. The summed E-state index contributed by atoms with van der Waals surface area (Å²) < 4.78 is 15.7. The number of nitrogens with one attached hydrogen (secondary N) is 1. The van der Waals surface area contributed by atoms with Gasteiger partial charge in [0.15, 0.2) is 0 Å². The minimum absolute atomic E-state index is 0.262. The number of benzene rings is 1. The fourth-order valence-corrected chi connectivity index (χ4v) is 2.07. The van der Waals surface area contributed by atoms with E-state index in [0.29, 0.717) is 31.1 Å². The second-order valence-corrected chi connectivity index (χ2v) is 5.11. The summed E-state index contributed by atoms with van der Waals surface area (Å²) in [6.45, 7) is 8.15. The summed E-state index contributed by atoms with van der Waals surface area (Å²) in [5.41, 5.74) is -0.168. The molecule has 1 atom stereocenters. The second-order valence-electron chi connectivity index (χ2n) is 5.11. The molecule has 0 aromatic heterocycles. The van der Waals surface area contributed by atoms with Crippen LogP contribution in [0.4, 0.5) is 5.69 Å². The predicted octanol–water partition coefficient (Wildman–Crippen LogP) is 3.02. The van der Waals surface area contributed by atoms with Gasteiger partial charge in [-0.1, -0.05) is 6.92 Å². The molecule has 0 aliphatic heterocycles. The van der Waals surface area contributed by atoms with Crippen LogP contribution in [0.1, 0.15) is 44.5 Å². The van der Waals surface area contributed by atoms with E-state index in [9.17, 15) is 9.59 Å². The highest BCUT2D eigenvalue weighted by Gasteiger charge is 2.32. The molecule has 0 spiro atoms. The number of rotatable bonds is 8. The molecule has 1 unspecified atom stereocenters. The molecule has 0 saturated carbocycles. The maximum Gasteiger partial charge on any atom is 0.341 e. The first-order chi connectivity index (χ1) is 10.9. The SMILES string of the molecule is CCOc1ccc(NC(=O)C(C)(CC)OCC)cc1C(=O)OC. The number of anilines is 1. The number of amides is 1. The summed E-state index contributed by atoms with van der Waals surface area (Å²) in [4.78, 5) is 24.3. The Labute approximate surface area is 137 Å². The van der Waals surface area contributed by atoms with Gasteiger partial charge in [-0.2, -0.15) is 0 Å². The molecule has 1 aromatic carbocycles. The Morgan fingerprint density at radius 2 is 1.87 bits per heavy atom. The minimum Gasteiger partial charge on any atom is -0.493 e. The van der Waals surface area contributed by atoms with E-state index in [-0.39, 0.29) is 11.5 Å². The van der Waals surface area contributed by atoms with Crippen molar-refractivity contribution in [2.45, 2.75) is 39.7 Å². The largest absolute Gasteiger partial charge is 0.493 e. The van der Waals surface area contributed by atoms with Crippen LogP contribution in [0.5, 0.6) is 5.75 Å². The van der Waals surface area contributed by atoms with Crippen LogP contribution in [0.15, 0.2) is 18.2 Å². The first kappa shape index (κ1) is 19.0. The van der Waals surface area contributed by atoms with Crippen molar-refractivity contribution >= 4 is 17.6 Å².